The van der Waals surface area contributed by atoms with E-state index in [1.807, 2.05) is 6.20 Å². The molecule has 0 amide bonds. The summed E-state index contributed by atoms with van der Waals surface area (Å²) in [7, 11) is 2.07. The normalized spacial score (nSPS) is 21.9. The molecule has 1 aliphatic rings. The van der Waals surface area contributed by atoms with E-state index < -0.39 is 0 Å². The molecule has 84 valence electrons. The predicted molar refractivity (Wildman–Crippen MR) is 62.0 cm³/mol. The van der Waals surface area contributed by atoms with Crippen molar-refractivity contribution < 1.29 is 0 Å². The van der Waals surface area contributed by atoms with Crippen LogP contribution in [-0.2, 0) is 13.5 Å². The molecule has 0 saturated carbocycles. The van der Waals surface area contributed by atoms with Crippen LogP contribution in [0.4, 0.5) is 0 Å². The molecule has 1 saturated heterocycles. The van der Waals surface area contributed by atoms with Gasteiger partial charge in [-0.15, -0.1) is 0 Å². The number of aryl methyl sites for hydroxylation is 2. The Morgan fingerprint density at radius 1 is 1.60 bits per heavy atom. The summed E-state index contributed by atoms with van der Waals surface area (Å²) in [6.07, 6.45) is 7.02. The zero-order chi connectivity index (χ0) is 10.7. The van der Waals surface area contributed by atoms with E-state index in [0.717, 1.165) is 6.54 Å². The third-order valence-electron chi connectivity index (χ3n) is 3.27. The number of hydrogen-bond acceptors (Lipinski definition) is 2. The first kappa shape index (κ1) is 10.7. The minimum absolute atomic E-state index is 0.674. The van der Waals surface area contributed by atoms with Crippen LogP contribution >= 0.6 is 0 Å². The van der Waals surface area contributed by atoms with Gasteiger partial charge in [0.05, 0.1) is 6.20 Å². The molecule has 1 unspecified atom stereocenters. The molecule has 0 aliphatic carbocycles. The van der Waals surface area contributed by atoms with Crippen molar-refractivity contribution in [3.63, 3.8) is 0 Å². The van der Waals surface area contributed by atoms with Gasteiger partial charge in [-0.25, -0.2) is 0 Å². The number of rotatable bonds is 3. The first-order chi connectivity index (χ1) is 7.33. The summed E-state index contributed by atoms with van der Waals surface area (Å²) < 4.78 is 2.07. The Labute approximate surface area is 91.9 Å². The van der Waals surface area contributed by atoms with Crippen molar-refractivity contribution >= 4 is 0 Å². The van der Waals surface area contributed by atoms with Crippen LogP contribution in [-0.4, -0.2) is 22.9 Å². The molecule has 0 aromatic carbocycles. The maximum Gasteiger partial charge on any atom is 0.0524 e. The van der Waals surface area contributed by atoms with Gasteiger partial charge in [-0.1, -0.05) is 13.3 Å². The van der Waals surface area contributed by atoms with Gasteiger partial charge in [-0.3, -0.25) is 4.68 Å². The summed E-state index contributed by atoms with van der Waals surface area (Å²) in [6.45, 7) is 4.53. The summed E-state index contributed by atoms with van der Waals surface area (Å²) in [4.78, 5) is 0. The lowest BCUT2D eigenvalue weighted by Crippen LogP contribution is -2.30. The molecule has 1 N–H and O–H groups in total. The van der Waals surface area contributed by atoms with E-state index in [9.17, 15) is 0 Å². The lowest BCUT2D eigenvalue weighted by molar-refractivity contribution is 0.439. The van der Waals surface area contributed by atoms with Gasteiger partial charge in [0, 0.05) is 25.2 Å². The van der Waals surface area contributed by atoms with Crippen molar-refractivity contribution in [2.75, 3.05) is 13.1 Å². The summed E-state index contributed by atoms with van der Waals surface area (Å²) in [6, 6.07) is 0. The van der Waals surface area contributed by atoms with Crippen LogP contribution < -0.4 is 5.32 Å². The Kier molecular flexibility index (Phi) is 3.41. The van der Waals surface area contributed by atoms with Crippen molar-refractivity contribution in [3.8, 4) is 0 Å². The molecule has 0 radical (unpaired) electrons. The van der Waals surface area contributed by atoms with E-state index in [0.29, 0.717) is 5.92 Å². The molecule has 1 aromatic heterocycles. The van der Waals surface area contributed by atoms with Crippen LogP contribution in [0.1, 0.15) is 43.4 Å². The van der Waals surface area contributed by atoms with Crippen LogP contribution in [0.5, 0.6) is 0 Å². The minimum Gasteiger partial charge on any atom is -0.316 e. The van der Waals surface area contributed by atoms with Crippen LogP contribution in [0.3, 0.4) is 0 Å². The number of aromatic nitrogens is 2. The number of piperidine rings is 1. The van der Waals surface area contributed by atoms with Crippen molar-refractivity contribution in [2.45, 2.75) is 38.5 Å². The van der Waals surface area contributed by atoms with E-state index in [2.05, 4.69) is 29.1 Å². The van der Waals surface area contributed by atoms with Gasteiger partial charge >= 0.3 is 0 Å². The second-order valence-electron chi connectivity index (χ2n) is 4.47. The Bertz CT molecular complexity index is 311. The van der Waals surface area contributed by atoms with Crippen LogP contribution in [0.15, 0.2) is 6.20 Å². The zero-order valence-electron chi connectivity index (χ0n) is 9.79. The van der Waals surface area contributed by atoms with Crippen molar-refractivity contribution in [1.82, 2.24) is 15.1 Å². The van der Waals surface area contributed by atoms with Gasteiger partial charge in [-0.2, -0.15) is 5.10 Å². The fourth-order valence-corrected chi connectivity index (χ4v) is 2.57. The summed E-state index contributed by atoms with van der Waals surface area (Å²) in [5.41, 5.74) is 2.91. The van der Waals surface area contributed by atoms with Gasteiger partial charge < -0.3 is 5.32 Å². The van der Waals surface area contributed by atoms with Gasteiger partial charge in [0.1, 0.15) is 0 Å². The summed E-state index contributed by atoms with van der Waals surface area (Å²) >= 11 is 0. The second-order valence-corrected chi connectivity index (χ2v) is 4.47. The molecule has 1 aliphatic heterocycles. The maximum absolute atomic E-state index is 4.40. The van der Waals surface area contributed by atoms with E-state index in [1.54, 1.807) is 0 Å². The lowest BCUT2D eigenvalue weighted by Gasteiger charge is -2.24. The highest BCUT2D eigenvalue weighted by molar-refractivity contribution is 5.23. The molecule has 3 nitrogen and oxygen atoms in total. The highest BCUT2D eigenvalue weighted by atomic mass is 15.3. The monoisotopic (exact) mass is 207 g/mol. The average molecular weight is 207 g/mol. The first-order valence-electron chi connectivity index (χ1n) is 6.04. The topological polar surface area (TPSA) is 29.9 Å². The third-order valence-corrected chi connectivity index (χ3v) is 3.27. The predicted octanol–water partition coefficient (Wildman–Crippen LogP) is 1.84. The molecule has 0 bridgehead atoms. The second kappa shape index (κ2) is 4.79. The molecule has 15 heavy (non-hydrogen) atoms. The van der Waals surface area contributed by atoms with Crippen molar-refractivity contribution in [1.29, 1.82) is 0 Å². The highest BCUT2D eigenvalue weighted by Gasteiger charge is 2.21. The number of hydrogen-bond donors (Lipinski definition) is 1. The lowest BCUT2D eigenvalue weighted by atomic mass is 9.92. The highest BCUT2D eigenvalue weighted by Crippen LogP contribution is 2.26. The van der Waals surface area contributed by atoms with Gasteiger partial charge in [0.2, 0.25) is 0 Å². The maximum atomic E-state index is 4.40. The Morgan fingerprint density at radius 2 is 2.47 bits per heavy atom. The standard InChI is InChI=1S/C12H21N3/c1-3-5-10-9-14-15(2)12(10)11-6-4-7-13-8-11/h9,11,13H,3-8H2,1-2H3. The van der Waals surface area contributed by atoms with Crippen molar-refractivity contribution in [2.24, 2.45) is 7.05 Å². The average Bonchev–Trinajstić information content (AvgIpc) is 2.62. The molecule has 1 atom stereocenters. The molecular formula is C12H21N3. The van der Waals surface area contributed by atoms with Gasteiger partial charge in [-0.05, 0) is 31.4 Å². The van der Waals surface area contributed by atoms with E-state index >= 15 is 0 Å². The Balaban J connectivity index is 2.19. The first-order valence-corrected chi connectivity index (χ1v) is 6.04. The largest absolute Gasteiger partial charge is 0.316 e. The van der Waals surface area contributed by atoms with Gasteiger partial charge in [0.15, 0.2) is 0 Å². The molecule has 2 rings (SSSR count). The van der Waals surface area contributed by atoms with E-state index in [1.165, 1.54) is 43.5 Å². The van der Waals surface area contributed by atoms with E-state index in [-0.39, 0.29) is 0 Å². The Hall–Kier alpha value is -0.830. The zero-order valence-corrected chi connectivity index (χ0v) is 9.79. The molecule has 1 fully saturated rings. The Morgan fingerprint density at radius 3 is 3.13 bits per heavy atom. The SMILES string of the molecule is CCCc1cnn(C)c1C1CCCNC1. The van der Waals surface area contributed by atoms with E-state index in [4.69, 9.17) is 0 Å². The summed E-state index contributed by atoms with van der Waals surface area (Å²) in [5, 5.41) is 7.88. The van der Waals surface area contributed by atoms with Gasteiger partial charge in [0.25, 0.3) is 0 Å². The van der Waals surface area contributed by atoms with Crippen LogP contribution in [0, 0.1) is 0 Å². The number of nitrogens with zero attached hydrogens (tertiary/aromatic N) is 2. The smallest absolute Gasteiger partial charge is 0.0524 e. The molecule has 3 heteroatoms. The quantitative estimate of drug-likeness (QED) is 0.819. The molecular weight excluding hydrogens is 186 g/mol. The fraction of sp³-hybridized carbons (Fsp3) is 0.750. The molecule has 0 spiro atoms. The van der Waals surface area contributed by atoms with Crippen molar-refractivity contribution in [3.05, 3.63) is 17.5 Å². The molecule has 1 aromatic rings. The minimum atomic E-state index is 0.674. The third kappa shape index (κ3) is 2.23. The molecule has 2 heterocycles. The summed E-state index contributed by atoms with van der Waals surface area (Å²) in [5.74, 6) is 0.674. The van der Waals surface area contributed by atoms with Crippen LogP contribution in [0.25, 0.3) is 0 Å². The fourth-order valence-electron chi connectivity index (χ4n) is 2.57. The number of nitrogens with one attached hydrogen (secondary N) is 1. The van der Waals surface area contributed by atoms with Crippen LogP contribution in [0.2, 0.25) is 0 Å².